The van der Waals surface area contributed by atoms with Crippen LogP contribution in [0.5, 0.6) is 0 Å². The summed E-state index contributed by atoms with van der Waals surface area (Å²) in [4.78, 5) is 1.41. The lowest BCUT2D eigenvalue weighted by atomic mass is 10.3. The molecule has 0 heterocycles. The van der Waals surface area contributed by atoms with Crippen molar-refractivity contribution in [1.29, 1.82) is 0 Å². The number of nitrogens with zero attached hydrogens (tertiary/aromatic N) is 1. The van der Waals surface area contributed by atoms with E-state index in [1.807, 2.05) is 6.92 Å². The van der Waals surface area contributed by atoms with Crippen LogP contribution in [0.4, 0.5) is 14.5 Å². The Bertz CT molecular complexity index is 506. The van der Waals surface area contributed by atoms with Gasteiger partial charge in [-0.05, 0) is 12.1 Å². The molecule has 0 amide bonds. The molecule has 0 saturated heterocycles. The third kappa shape index (κ3) is 3.41. The highest BCUT2D eigenvalue weighted by Crippen LogP contribution is 2.28. The Hall–Kier alpha value is -0.690. The maximum absolute atomic E-state index is 12.6. The van der Waals surface area contributed by atoms with Crippen molar-refractivity contribution in [1.82, 2.24) is 0 Å². The lowest BCUT2D eigenvalue weighted by Gasteiger charge is -2.23. The van der Waals surface area contributed by atoms with Crippen LogP contribution < -0.4 is 4.90 Å². The van der Waals surface area contributed by atoms with E-state index in [9.17, 15) is 17.2 Å². The summed E-state index contributed by atoms with van der Waals surface area (Å²) in [5.74, 6) is -3.41. The summed E-state index contributed by atoms with van der Waals surface area (Å²) in [6, 6.07) is 5.77. The molecule has 1 atom stereocenters. The minimum Gasteiger partial charge on any atom is -0.372 e. The summed E-state index contributed by atoms with van der Waals surface area (Å²) in [6.07, 6.45) is 0. The number of para-hydroxylation sites is 1. The molecule has 0 aliphatic heterocycles. The molecule has 0 aliphatic carbocycles. The number of halogens is 3. The van der Waals surface area contributed by atoms with Crippen LogP contribution in [0, 0.1) is 0 Å². The molecule has 1 aromatic carbocycles. The highest BCUT2D eigenvalue weighted by atomic mass is 79.9. The Balaban J connectivity index is 3.23. The van der Waals surface area contributed by atoms with Crippen LogP contribution >= 0.6 is 15.9 Å². The SMILES string of the molecule is CC(Br)CN(C)c1ccccc1S(=O)(=O)C(F)F. The Kier molecular flexibility index (Phi) is 5.10. The normalized spacial score (nSPS) is 13.7. The standard InChI is InChI=1S/C11H14BrF2NO2S/c1-8(12)7-15(2)9-5-3-4-6-10(9)18(16,17)11(13)14/h3-6,8,11H,7H2,1-2H3. The molecule has 0 radical (unpaired) electrons. The van der Waals surface area contributed by atoms with Gasteiger partial charge in [0, 0.05) is 18.4 Å². The molecule has 18 heavy (non-hydrogen) atoms. The first-order valence-corrected chi connectivity index (χ1v) is 7.69. The van der Waals surface area contributed by atoms with Crippen molar-refractivity contribution < 1.29 is 17.2 Å². The van der Waals surface area contributed by atoms with Gasteiger partial charge >= 0.3 is 5.76 Å². The topological polar surface area (TPSA) is 37.4 Å². The molecule has 7 heteroatoms. The van der Waals surface area contributed by atoms with Crippen LogP contribution in [0.1, 0.15) is 6.92 Å². The van der Waals surface area contributed by atoms with Gasteiger partial charge in [-0.15, -0.1) is 0 Å². The smallest absolute Gasteiger partial charge is 0.341 e. The summed E-state index contributed by atoms with van der Waals surface area (Å²) in [7, 11) is -2.91. The fourth-order valence-corrected chi connectivity index (χ4v) is 2.99. The van der Waals surface area contributed by atoms with Gasteiger partial charge in [0.1, 0.15) is 0 Å². The van der Waals surface area contributed by atoms with Gasteiger partial charge in [-0.25, -0.2) is 8.42 Å². The van der Waals surface area contributed by atoms with Crippen LogP contribution in [-0.2, 0) is 9.84 Å². The van der Waals surface area contributed by atoms with Gasteiger partial charge in [0.15, 0.2) is 0 Å². The summed E-state index contributed by atoms with van der Waals surface area (Å²) in [5.41, 5.74) is 0.282. The van der Waals surface area contributed by atoms with Gasteiger partial charge < -0.3 is 4.90 Å². The number of sulfone groups is 1. The van der Waals surface area contributed by atoms with Gasteiger partial charge in [-0.2, -0.15) is 8.78 Å². The number of rotatable bonds is 5. The van der Waals surface area contributed by atoms with Crippen molar-refractivity contribution in [3.63, 3.8) is 0 Å². The van der Waals surface area contributed by atoms with Gasteiger partial charge in [-0.3, -0.25) is 0 Å². The van der Waals surface area contributed by atoms with E-state index in [-0.39, 0.29) is 15.4 Å². The fourth-order valence-electron chi connectivity index (χ4n) is 1.58. The Morgan fingerprint density at radius 3 is 2.39 bits per heavy atom. The van der Waals surface area contributed by atoms with Crippen LogP contribution in [0.2, 0.25) is 0 Å². The van der Waals surface area contributed by atoms with Crippen molar-refractivity contribution >= 4 is 31.5 Å². The largest absolute Gasteiger partial charge is 0.372 e. The minimum absolute atomic E-state index is 0.116. The van der Waals surface area contributed by atoms with Crippen molar-refractivity contribution in [2.75, 3.05) is 18.5 Å². The predicted molar refractivity (Wildman–Crippen MR) is 71.3 cm³/mol. The molecule has 0 aliphatic rings. The molecule has 0 fully saturated rings. The van der Waals surface area contributed by atoms with E-state index in [1.54, 1.807) is 18.0 Å². The molecule has 102 valence electrons. The summed E-state index contributed by atoms with van der Waals surface area (Å²) < 4.78 is 48.3. The van der Waals surface area contributed by atoms with E-state index < -0.39 is 15.6 Å². The Morgan fingerprint density at radius 2 is 1.89 bits per heavy atom. The Morgan fingerprint density at radius 1 is 1.33 bits per heavy atom. The van der Waals surface area contributed by atoms with Crippen LogP contribution in [0.25, 0.3) is 0 Å². The minimum atomic E-state index is -4.58. The second-order valence-corrected chi connectivity index (χ2v) is 7.38. The van der Waals surface area contributed by atoms with Crippen molar-refractivity contribution in [3.05, 3.63) is 24.3 Å². The number of benzene rings is 1. The molecular weight excluding hydrogens is 328 g/mol. The van der Waals surface area contributed by atoms with Gasteiger partial charge in [0.25, 0.3) is 0 Å². The molecule has 0 aromatic heterocycles. The van der Waals surface area contributed by atoms with Crippen LogP contribution in [0.3, 0.4) is 0 Å². The molecule has 0 bridgehead atoms. The lowest BCUT2D eigenvalue weighted by molar-refractivity contribution is 0.235. The second-order valence-electron chi connectivity index (χ2n) is 3.93. The van der Waals surface area contributed by atoms with E-state index in [2.05, 4.69) is 15.9 Å². The maximum atomic E-state index is 12.6. The number of hydrogen-bond acceptors (Lipinski definition) is 3. The highest BCUT2D eigenvalue weighted by Gasteiger charge is 2.29. The van der Waals surface area contributed by atoms with Crippen LogP contribution in [0.15, 0.2) is 29.2 Å². The molecule has 1 rings (SSSR count). The van der Waals surface area contributed by atoms with Gasteiger partial charge in [0.05, 0.1) is 10.6 Å². The van der Waals surface area contributed by atoms with Crippen molar-refractivity contribution in [2.45, 2.75) is 22.4 Å². The van der Waals surface area contributed by atoms with Crippen molar-refractivity contribution in [3.8, 4) is 0 Å². The third-order valence-corrected chi connectivity index (χ3v) is 4.06. The molecule has 0 spiro atoms. The van der Waals surface area contributed by atoms with Gasteiger partial charge in [-0.1, -0.05) is 35.0 Å². The zero-order valence-corrected chi connectivity index (χ0v) is 12.4. The maximum Gasteiger partial charge on any atom is 0.341 e. The van der Waals surface area contributed by atoms with E-state index in [1.165, 1.54) is 18.2 Å². The Labute approximate surface area is 114 Å². The average molecular weight is 342 g/mol. The van der Waals surface area contributed by atoms with E-state index in [4.69, 9.17) is 0 Å². The first-order chi connectivity index (χ1) is 8.26. The van der Waals surface area contributed by atoms with Crippen molar-refractivity contribution in [2.24, 2.45) is 0 Å². The van der Waals surface area contributed by atoms with E-state index in [0.29, 0.717) is 6.54 Å². The van der Waals surface area contributed by atoms with Crippen LogP contribution in [-0.4, -0.2) is 32.6 Å². The van der Waals surface area contributed by atoms with E-state index >= 15 is 0 Å². The molecule has 0 saturated carbocycles. The molecule has 1 aromatic rings. The first-order valence-electron chi connectivity index (χ1n) is 5.23. The predicted octanol–water partition coefficient (Wildman–Crippen LogP) is 2.90. The third-order valence-electron chi connectivity index (χ3n) is 2.34. The average Bonchev–Trinajstić information content (AvgIpc) is 2.27. The number of alkyl halides is 3. The number of hydrogen-bond donors (Lipinski definition) is 0. The zero-order chi connectivity index (χ0) is 13.9. The molecular formula is C11H14BrF2NO2S. The highest BCUT2D eigenvalue weighted by molar-refractivity contribution is 9.09. The second kappa shape index (κ2) is 5.97. The van der Waals surface area contributed by atoms with E-state index in [0.717, 1.165) is 0 Å². The number of anilines is 1. The molecule has 1 unspecified atom stereocenters. The first kappa shape index (κ1) is 15.4. The fraction of sp³-hybridized carbons (Fsp3) is 0.455. The van der Waals surface area contributed by atoms with Gasteiger partial charge in [0.2, 0.25) is 9.84 Å². The molecule has 3 nitrogen and oxygen atoms in total. The lowest BCUT2D eigenvalue weighted by Crippen LogP contribution is -2.26. The quantitative estimate of drug-likeness (QED) is 0.773. The zero-order valence-electron chi connectivity index (χ0n) is 9.98. The summed E-state index contributed by atoms with van der Waals surface area (Å²) in [6.45, 7) is 2.40. The molecule has 0 N–H and O–H groups in total. The monoisotopic (exact) mass is 341 g/mol. The summed E-state index contributed by atoms with van der Waals surface area (Å²) >= 11 is 3.34. The summed E-state index contributed by atoms with van der Waals surface area (Å²) in [5, 5.41) is 0.